The summed E-state index contributed by atoms with van der Waals surface area (Å²) in [5.41, 5.74) is 2.03. The van der Waals surface area contributed by atoms with E-state index < -0.39 is 0 Å². The molecule has 5 rings (SSSR count). The first-order valence-corrected chi connectivity index (χ1v) is 9.00. The molecule has 0 saturated carbocycles. The van der Waals surface area contributed by atoms with Crippen LogP contribution in [0.4, 0.5) is 0 Å². The predicted octanol–water partition coefficient (Wildman–Crippen LogP) is 2.81. The second kappa shape index (κ2) is 6.06. The van der Waals surface area contributed by atoms with E-state index in [1.807, 2.05) is 31.2 Å². The van der Waals surface area contributed by atoms with Crippen LogP contribution in [-0.2, 0) is 6.54 Å². The van der Waals surface area contributed by atoms with E-state index in [0.29, 0.717) is 27.6 Å². The Kier molecular flexibility index (Phi) is 3.54. The SMILES string of the molecule is Cc1ccc2c(n1)sc1c(=O)n(Cc3nc(-c4ccccn4)no3)cnc12. The largest absolute Gasteiger partial charge is 0.337 e. The van der Waals surface area contributed by atoms with Crippen LogP contribution in [0.3, 0.4) is 0 Å². The van der Waals surface area contributed by atoms with Gasteiger partial charge in [-0.15, -0.1) is 11.3 Å². The molecule has 9 heteroatoms. The van der Waals surface area contributed by atoms with E-state index in [-0.39, 0.29) is 12.1 Å². The minimum absolute atomic E-state index is 0.141. The number of thiophene rings is 1. The molecule has 0 amide bonds. The van der Waals surface area contributed by atoms with E-state index >= 15 is 0 Å². The van der Waals surface area contributed by atoms with Gasteiger partial charge in [0.2, 0.25) is 11.7 Å². The molecule has 0 aliphatic rings. The summed E-state index contributed by atoms with van der Waals surface area (Å²) in [5, 5.41) is 4.82. The van der Waals surface area contributed by atoms with Crippen molar-refractivity contribution in [2.24, 2.45) is 0 Å². The number of hydrogen-bond acceptors (Lipinski definition) is 8. The van der Waals surface area contributed by atoms with Gasteiger partial charge in [-0.3, -0.25) is 14.3 Å². The Labute approximate surface area is 156 Å². The normalized spacial score (nSPS) is 11.4. The lowest BCUT2D eigenvalue weighted by Gasteiger charge is -2.00. The van der Waals surface area contributed by atoms with Crippen molar-refractivity contribution < 1.29 is 4.52 Å². The average molecular weight is 376 g/mol. The molecule has 5 heterocycles. The fraction of sp³-hybridized carbons (Fsp3) is 0.111. The van der Waals surface area contributed by atoms with E-state index in [9.17, 15) is 4.79 Å². The first kappa shape index (κ1) is 15.8. The van der Waals surface area contributed by atoms with Gasteiger partial charge in [0.1, 0.15) is 21.8 Å². The maximum Gasteiger partial charge on any atom is 0.271 e. The number of aryl methyl sites for hydroxylation is 1. The highest BCUT2D eigenvalue weighted by atomic mass is 32.1. The van der Waals surface area contributed by atoms with Crippen LogP contribution in [-0.4, -0.2) is 29.7 Å². The van der Waals surface area contributed by atoms with Crippen molar-refractivity contribution in [2.45, 2.75) is 13.5 Å². The van der Waals surface area contributed by atoms with Crippen molar-refractivity contribution >= 4 is 31.8 Å². The van der Waals surface area contributed by atoms with Gasteiger partial charge in [-0.2, -0.15) is 4.98 Å². The van der Waals surface area contributed by atoms with Crippen LogP contribution in [0, 0.1) is 6.92 Å². The van der Waals surface area contributed by atoms with Crippen molar-refractivity contribution in [3.05, 3.63) is 64.8 Å². The standard InChI is InChI=1S/C18H12N6O2S/c1-10-5-6-11-14-15(27-17(11)21-10)18(25)24(9-20-14)8-13-22-16(23-26-13)12-4-2-3-7-19-12/h2-7,9H,8H2,1H3. The van der Waals surface area contributed by atoms with Gasteiger partial charge in [0, 0.05) is 17.3 Å². The monoisotopic (exact) mass is 376 g/mol. The Balaban J connectivity index is 1.54. The second-order valence-corrected chi connectivity index (χ2v) is 6.99. The van der Waals surface area contributed by atoms with Crippen LogP contribution in [0.25, 0.3) is 32.0 Å². The first-order chi connectivity index (χ1) is 13.2. The molecule has 0 aliphatic carbocycles. The first-order valence-electron chi connectivity index (χ1n) is 8.18. The summed E-state index contributed by atoms with van der Waals surface area (Å²) in [6.45, 7) is 2.06. The predicted molar refractivity (Wildman–Crippen MR) is 101 cm³/mol. The van der Waals surface area contributed by atoms with Crippen molar-refractivity contribution in [1.82, 2.24) is 29.7 Å². The van der Waals surface area contributed by atoms with Crippen LogP contribution in [0.2, 0.25) is 0 Å². The van der Waals surface area contributed by atoms with Gasteiger partial charge in [0.15, 0.2) is 0 Å². The van der Waals surface area contributed by atoms with Crippen LogP contribution in [0.5, 0.6) is 0 Å². The molecule has 0 aliphatic heterocycles. The van der Waals surface area contributed by atoms with Crippen molar-refractivity contribution in [3.63, 3.8) is 0 Å². The Bertz CT molecular complexity index is 1340. The van der Waals surface area contributed by atoms with Crippen LogP contribution < -0.4 is 5.56 Å². The fourth-order valence-electron chi connectivity index (χ4n) is 2.82. The molecule has 8 nitrogen and oxygen atoms in total. The van der Waals surface area contributed by atoms with Gasteiger partial charge >= 0.3 is 0 Å². The fourth-order valence-corrected chi connectivity index (χ4v) is 3.94. The molecule has 0 N–H and O–H groups in total. The molecule has 27 heavy (non-hydrogen) atoms. The molecule has 0 bridgehead atoms. The third kappa shape index (κ3) is 2.68. The molecule has 0 spiro atoms. The summed E-state index contributed by atoms with van der Waals surface area (Å²) < 4.78 is 7.29. The lowest BCUT2D eigenvalue weighted by atomic mass is 10.3. The molecule has 0 unspecified atom stereocenters. The molecule has 0 aromatic carbocycles. The second-order valence-electron chi connectivity index (χ2n) is 5.99. The van der Waals surface area contributed by atoms with E-state index in [2.05, 4.69) is 25.1 Å². The maximum absolute atomic E-state index is 12.9. The zero-order valence-electron chi connectivity index (χ0n) is 14.2. The summed E-state index contributed by atoms with van der Waals surface area (Å²) in [4.78, 5) is 31.1. The Morgan fingerprint density at radius 2 is 2.07 bits per heavy atom. The molecule has 5 aromatic heterocycles. The summed E-state index contributed by atoms with van der Waals surface area (Å²) in [7, 11) is 0. The molecule has 0 fully saturated rings. The number of hydrogen-bond donors (Lipinski definition) is 0. The Morgan fingerprint density at radius 1 is 1.15 bits per heavy atom. The molecule has 132 valence electrons. The third-order valence-electron chi connectivity index (χ3n) is 4.12. The lowest BCUT2D eigenvalue weighted by molar-refractivity contribution is 0.369. The Hall–Kier alpha value is -3.46. The molecule has 0 saturated heterocycles. The number of rotatable bonds is 3. The highest BCUT2D eigenvalue weighted by Crippen LogP contribution is 2.28. The van der Waals surface area contributed by atoms with Gasteiger partial charge in [-0.05, 0) is 31.2 Å². The summed E-state index contributed by atoms with van der Waals surface area (Å²) in [6.07, 6.45) is 3.16. The summed E-state index contributed by atoms with van der Waals surface area (Å²) in [6, 6.07) is 9.31. The highest BCUT2D eigenvalue weighted by molar-refractivity contribution is 7.25. The van der Waals surface area contributed by atoms with Crippen LogP contribution >= 0.6 is 11.3 Å². The maximum atomic E-state index is 12.9. The molecular formula is C18H12N6O2S. The molecule has 0 radical (unpaired) electrons. The summed E-state index contributed by atoms with van der Waals surface area (Å²) >= 11 is 1.35. The van der Waals surface area contributed by atoms with Gasteiger partial charge < -0.3 is 4.52 Å². The smallest absolute Gasteiger partial charge is 0.271 e. The number of fused-ring (bicyclic) bond motifs is 3. The molecule has 0 atom stereocenters. The van der Waals surface area contributed by atoms with Crippen molar-refractivity contribution in [2.75, 3.05) is 0 Å². The topological polar surface area (TPSA) is 99.6 Å². The summed E-state index contributed by atoms with van der Waals surface area (Å²) in [5.74, 6) is 0.697. The quantitative estimate of drug-likeness (QED) is 0.477. The van der Waals surface area contributed by atoms with E-state index in [4.69, 9.17) is 4.52 Å². The van der Waals surface area contributed by atoms with E-state index in [1.54, 1.807) is 12.3 Å². The number of pyridine rings is 2. The van der Waals surface area contributed by atoms with Gasteiger partial charge in [-0.25, -0.2) is 9.97 Å². The zero-order chi connectivity index (χ0) is 18.4. The minimum atomic E-state index is -0.154. The third-order valence-corrected chi connectivity index (χ3v) is 5.19. The molecule has 5 aromatic rings. The van der Waals surface area contributed by atoms with Crippen molar-refractivity contribution in [3.8, 4) is 11.5 Å². The Morgan fingerprint density at radius 3 is 2.93 bits per heavy atom. The average Bonchev–Trinajstić information content (AvgIpc) is 3.29. The van der Waals surface area contributed by atoms with Gasteiger partial charge in [0.05, 0.1) is 11.8 Å². The zero-order valence-corrected chi connectivity index (χ0v) is 15.0. The van der Waals surface area contributed by atoms with Gasteiger partial charge in [-0.1, -0.05) is 11.2 Å². The van der Waals surface area contributed by atoms with Gasteiger partial charge in [0.25, 0.3) is 5.56 Å². The van der Waals surface area contributed by atoms with Crippen molar-refractivity contribution in [1.29, 1.82) is 0 Å². The lowest BCUT2D eigenvalue weighted by Crippen LogP contribution is -2.20. The number of nitrogens with zero attached hydrogens (tertiary/aromatic N) is 6. The van der Waals surface area contributed by atoms with E-state index in [0.717, 1.165) is 15.9 Å². The van der Waals surface area contributed by atoms with E-state index in [1.165, 1.54) is 22.2 Å². The minimum Gasteiger partial charge on any atom is -0.337 e. The van der Waals surface area contributed by atoms with Crippen LogP contribution in [0.1, 0.15) is 11.6 Å². The molecular weight excluding hydrogens is 364 g/mol. The van der Waals surface area contributed by atoms with Crippen LogP contribution in [0.15, 0.2) is 52.2 Å². The highest BCUT2D eigenvalue weighted by Gasteiger charge is 2.15. The number of aromatic nitrogens is 6.